The Balaban J connectivity index is 2.13. The van der Waals surface area contributed by atoms with Crippen LogP contribution in [0.5, 0.6) is 0 Å². The number of nitrogens with zero attached hydrogens (tertiary/aromatic N) is 4. The first-order valence-corrected chi connectivity index (χ1v) is 7.02. The molecule has 98 valence electrons. The molecule has 0 bridgehead atoms. The van der Waals surface area contributed by atoms with Crippen molar-refractivity contribution in [1.29, 1.82) is 0 Å². The second kappa shape index (κ2) is 4.88. The molecule has 0 saturated carbocycles. The van der Waals surface area contributed by atoms with Crippen molar-refractivity contribution in [2.75, 3.05) is 6.26 Å². The molecule has 18 heavy (non-hydrogen) atoms. The smallest absolute Gasteiger partial charge is 0.224 e. The maximum atomic E-state index is 11.2. The number of hydrogen-bond donors (Lipinski definition) is 2. The van der Waals surface area contributed by atoms with Gasteiger partial charge in [-0.25, -0.2) is 18.4 Å². The number of imidazole rings is 2. The summed E-state index contributed by atoms with van der Waals surface area (Å²) in [6.45, 7) is 0.506. The van der Waals surface area contributed by atoms with Crippen molar-refractivity contribution >= 4 is 10.0 Å². The fourth-order valence-corrected chi connectivity index (χ4v) is 1.79. The van der Waals surface area contributed by atoms with Crippen LogP contribution in [0.4, 0.5) is 0 Å². The number of nitrogens with one attached hydrogen (secondary N) is 1. The highest BCUT2D eigenvalue weighted by molar-refractivity contribution is 7.88. The third-order valence-corrected chi connectivity index (χ3v) is 3.38. The van der Waals surface area contributed by atoms with Gasteiger partial charge in [-0.1, -0.05) is 0 Å². The average Bonchev–Trinajstić information content (AvgIpc) is 2.90. The van der Waals surface area contributed by atoms with Gasteiger partial charge in [0.1, 0.15) is 11.6 Å². The molecule has 0 unspecified atom stereocenters. The van der Waals surface area contributed by atoms with Gasteiger partial charge >= 0.3 is 0 Å². The molecule has 2 aromatic rings. The number of aromatic nitrogens is 4. The third kappa shape index (κ3) is 2.94. The Kier molecular flexibility index (Phi) is 3.45. The van der Waals surface area contributed by atoms with Gasteiger partial charge in [0.05, 0.1) is 19.3 Å². The van der Waals surface area contributed by atoms with Crippen molar-refractivity contribution in [3.05, 3.63) is 36.4 Å². The Bertz CT molecular complexity index is 603. The number of hydrogen-bond acceptors (Lipinski definition) is 5. The Morgan fingerprint density at radius 2 is 2.22 bits per heavy atom. The summed E-state index contributed by atoms with van der Waals surface area (Å²) in [4.78, 5) is 11.1. The molecule has 0 aliphatic rings. The lowest BCUT2D eigenvalue weighted by atomic mass is 10.5. The fourth-order valence-electron chi connectivity index (χ4n) is 1.44. The summed E-state index contributed by atoms with van der Waals surface area (Å²) in [6.07, 6.45) is 7.75. The summed E-state index contributed by atoms with van der Waals surface area (Å²) >= 11 is 0. The molecule has 0 radical (unpaired) electrons. The van der Waals surface area contributed by atoms with Gasteiger partial charge in [0, 0.05) is 24.8 Å². The molecule has 2 aromatic heterocycles. The van der Waals surface area contributed by atoms with Crippen LogP contribution in [-0.2, 0) is 23.1 Å². The molecule has 0 aromatic carbocycles. The zero-order valence-electron chi connectivity index (χ0n) is 9.81. The van der Waals surface area contributed by atoms with Crippen LogP contribution in [0, 0.1) is 0 Å². The first-order valence-electron chi connectivity index (χ1n) is 5.17. The van der Waals surface area contributed by atoms with E-state index in [0.717, 1.165) is 16.5 Å². The van der Waals surface area contributed by atoms with Crippen molar-refractivity contribution < 1.29 is 8.42 Å². The van der Waals surface area contributed by atoms with Crippen molar-refractivity contribution in [3.63, 3.8) is 0 Å². The molecule has 2 heterocycles. The molecule has 9 heteroatoms. The monoisotopic (exact) mass is 270 g/mol. The van der Waals surface area contributed by atoms with E-state index in [-0.39, 0.29) is 6.54 Å². The van der Waals surface area contributed by atoms with E-state index in [2.05, 4.69) is 15.0 Å². The molecule has 0 atom stereocenters. The van der Waals surface area contributed by atoms with Gasteiger partial charge in [0.2, 0.25) is 10.0 Å². The van der Waals surface area contributed by atoms with Gasteiger partial charge in [0.15, 0.2) is 0 Å². The van der Waals surface area contributed by atoms with E-state index in [4.69, 9.17) is 5.84 Å². The van der Waals surface area contributed by atoms with Gasteiger partial charge in [-0.2, -0.15) is 0 Å². The molecule has 0 saturated heterocycles. The van der Waals surface area contributed by atoms with Crippen LogP contribution in [-0.4, -0.2) is 38.6 Å². The summed E-state index contributed by atoms with van der Waals surface area (Å²) in [5.41, 5.74) is 0. The quantitative estimate of drug-likeness (QED) is 0.551. The average molecular weight is 270 g/mol. The predicted octanol–water partition coefficient (Wildman–Crippen LogP) is -0.710. The van der Waals surface area contributed by atoms with Gasteiger partial charge in [-0.05, 0) is 0 Å². The van der Waals surface area contributed by atoms with Crippen molar-refractivity contribution in [3.8, 4) is 0 Å². The van der Waals surface area contributed by atoms with Crippen molar-refractivity contribution in [1.82, 2.24) is 23.9 Å². The second-order valence-electron chi connectivity index (χ2n) is 3.82. The van der Waals surface area contributed by atoms with Crippen molar-refractivity contribution in [2.45, 2.75) is 13.1 Å². The Morgan fingerprint density at radius 1 is 1.44 bits per heavy atom. The summed E-state index contributed by atoms with van der Waals surface area (Å²) in [5.74, 6) is 6.77. The van der Waals surface area contributed by atoms with Gasteiger partial charge in [-0.3, -0.25) is 5.84 Å². The van der Waals surface area contributed by atoms with Crippen LogP contribution in [0.2, 0.25) is 0 Å². The maximum absolute atomic E-state index is 11.2. The lowest BCUT2D eigenvalue weighted by Crippen LogP contribution is -2.36. The first-order chi connectivity index (χ1) is 8.47. The van der Waals surface area contributed by atoms with Gasteiger partial charge < -0.3 is 9.55 Å². The van der Waals surface area contributed by atoms with E-state index in [1.807, 2.05) is 0 Å². The highest BCUT2D eigenvalue weighted by Gasteiger charge is 2.15. The van der Waals surface area contributed by atoms with Crippen LogP contribution >= 0.6 is 0 Å². The minimum absolute atomic E-state index is 0.0204. The van der Waals surface area contributed by atoms with E-state index >= 15 is 0 Å². The Morgan fingerprint density at radius 3 is 2.83 bits per heavy atom. The number of aromatic amines is 1. The number of rotatable bonds is 5. The first kappa shape index (κ1) is 12.7. The normalized spacial score (nSPS) is 12.2. The summed E-state index contributed by atoms with van der Waals surface area (Å²) < 4.78 is 25.0. The number of nitrogens with two attached hydrogens (primary N) is 1. The van der Waals surface area contributed by atoms with E-state index in [1.165, 1.54) is 0 Å². The highest BCUT2D eigenvalue weighted by atomic mass is 32.2. The molecule has 0 aliphatic heterocycles. The van der Waals surface area contributed by atoms with Crippen LogP contribution in [0.15, 0.2) is 24.8 Å². The molecular formula is C9H14N6O2S. The number of H-pyrrole nitrogens is 1. The third-order valence-electron chi connectivity index (χ3n) is 2.40. The summed E-state index contributed by atoms with van der Waals surface area (Å²) in [7, 11) is -3.42. The van der Waals surface area contributed by atoms with E-state index in [1.54, 1.807) is 29.4 Å². The lowest BCUT2D eigenvalue weighted by Gasteiger charge is -2.14. The van der Waals surface area contributed by atoms with E-state index in [9.17, 15) is 8.42 Å². The summed E-state index contributed by atoms with van der Waals surface area (Å²) in [5, 5.41) is 0. The largest absolute Gasteiger partial charge is 0.347 e. The van der Waals surface area contributed by atoms with Crippen LogP contribution in [0.25, 0.3) is 0 Å². The summed E-state index contributed by atoms with van der Waals surface area (Å²) in [6, 6.07) is 0. The second-order valence-corrected chi connectivity index (χ2v) is 5.75. The SMILES string of the molecule is CS(=O)(=O)N(N)Cc1nccn1Cc1ncc[nH]1. The van der Waals surface area contributed by atoms with Gasteiger partial charge in [0.25, 0.3) is 0 Å². The zero-order chi connectivity index (χ0) is 13.2. The van der Waals surface area contributed by atoms with Crippen LogP contribution < -0.4 is 5.84 Å². The molecule has 0 aliphatic carbocycles. The van der Waals surface area contributed by atoms with Crippen molar-refractivity contribution in [2.24, 2.45) is 5.84 Å². The minimum Gasteiger partial charge on any atom is -0.347 e. The fraction of sp³-hybridized carbons (Fsp3) is 0.333. The molecule has 0 amide bonds. The van der Waals surface area contributed by atoms with E-state index in [0.29, 0.717) is 12.4 Å². The Hall–Kier alpha value is -1.71. The number of hydrazine groups is 1. The molecule has 3 N–H and O–H groups in total. The topological polar surface area (TPSA) is 110 Å². The standard InChI is InChI=1S/C9H14N6O2S/c1-18(16,17)15(10)7-9-13-4-5-14(9)6-8-11-2-3-12-8/h2-5H,6-7,10H2,1H3,(H,11,12). The molecular weight excluding hydrogens is 256 g/mol. The van der Waals surface area contributed by atoms with Gasteiger partial charge in [-0.15, -0.1) is 4.41 Å². The molecule has 0 fully saturated rings. The van der Waals surface area contributed by atoms with Crippen LogP contribution in [0.3, 0.4) is 0 Å². The molecule has 8 nitrogen and oxygen atoms in total. The Labute approximate surface area is 104 Å². The minimum atomic E-state index is -3.42. The number of sulfonamides is 1. The highest BCUT2D eigenvalue weighted by Crippen LogP contribution is 2.05. The zero-order valence-corrected chi connectivity index (χ0v) is 10.6. The molecule has 2 rings (SSSR count). The lowest BCUT2D eigenvalue weighted by molar-refractivity contribution is 0.409. The maximum Gasteiger partial charge on any atom is 0.224 e. The molecule has 0 spiro atoms. The predicted molar refractivity (Wildman–Crippen MR) is 64.5 cm³/mol. The van der Waals surface area contributed by atoms with E-state index < -0.39 is 10.0 Å². The van der Waals surface area contributed by atoms with Crippen LogP contribution in [0.1, 0.15) is 11.6 Å².